The Morgan fingerprint density at radius 2 is 2.20 bits per heavy atom. The first-order valence-electron chi connectivity index (χ1n) is 5.26. The Morgan fingerprint density at radius 1 is 1.53 bits per heavy atom. The lowest BCUT2D eigenvalue weighted by Gasteiger charge is -2.19. The number of hydrogen-bond donors (Lipinski definition) is 1. The van der Waals surface area contributed by atoms with Crippen molar-refractivity contribution in [2.45, 2.75) is 38.2 Å². The summed E-state index contributed by atoms with van der Waals surface area (Å²) < 4.78 is 0. The molecule has 0 spiro atoms. The van der Waals surface area contributed by atoms with E-state index in [0.29, 0.717) is 6.42 Å². The van der Waals surface area contributed by atoms with Crippen molar-refractivity contribution in [1.82, 2.24) is 0 Å². The summed E-state index contributed by atoms with van der Waals surface area (Å²) in [5.74, 6) is 0. The van der Waals surface area contributed by atoms with Gasteiger partial charge in [-0.1, -0.05) is 31.3 Å². The first-order chi connectivity index (χ1) is 6.88. The average molecular weight is 240 g/mol. The SMILES string of the molecule is C=C(CC(O)c1cccs1)C[Si](C)(C)C. The minimum absolute atomic E-state index is 0.353. The minimum Gasteiger partial charge on any atom is -0.387 e. The summed E-state index contributed by atoms with van der Waals surface area (Å²) in [6, 6.07) is 5.07. The van der Waals surface area contributed by atoms with Gasteiger partial charge in [0.05, 0.1) is 6.10 Å². The molecule has 0 saturated carbocycles. The van der Waals surface area contributed by atoms with Crippen LogP contribution in [0.15, 0.2) is 29.7 Å². The monoisotopic (exact) mass is 240 g/mol. The molecule has 0 radical (unpaired) electrons. The van der Waals surface area contributed by atoms with E-state index in [9.17, 15) is 5.11 Å². The van der Waals surface area contributed by atoms with Crippen molar-refractivity contribution >= 4 is 19.4 Å². The smallest absolute Gasteiger partial charge is 0.0918 e. The number of aliphatic hydroxyl groups is 1. The van der Waals surface area contributed by atoms with E-state index in [0.717, 1.165) is 10.9 Å². The van der Waals surface area contributed by atoms with Crippen molar-refractivity contribution in [3.8, 4) is 0 Å². The molecule has 15 heavy (non-hydrogen) atoms. The van der Waals surface area contributed by atoms with Crippen LogP contribution < -0.4 is 0 Å². The Morgan fingerprint density at radius 3 is 2.67 bits per heavy atom. The third kappa shape index (κ3) is 4.78. The molecule has 1 rings (SSSR count). The van der Waals surface area contributed by atoms with Crippen LogP contribution in [0.5, 0.6) is 0 Å². The van der Waals surface area contributed by atoms with Crippen molar-refractivity contribution in [1.29, 1.82) is 0 Å². The van der Waals surface area contributed by atoms with Gasteiger partial charge in [-0.3, -0.25) is 0 Å². The summed E-state index contributed by atoms with van der Waals surface area (Å²) in [6.45, 7) is 11.1. The van der Waals surface area contributed by atoms with Gasteiger partial charge in [0.2, 0.25) is 0 Å². The molecular formula is C12H20OSSi. The van der Waals surface area contributed by atoms with Crippen molar-refractivity contribution < 1.29 is 5.11 Å². The number of aliphatic hydroxyl groups excluding tert-OH is 1. The minimum atomic E-state index is -1.08. The largest absolute Gasteiger partial charge is 0.387 e. The average Bonchev–Trinajstić information content (AvgIpc) is 2.50. The van der Waals surface area contributed by atoms with Gasteiger partial charge in [-0.25, -0.2) is 0 Å². The molecule has 1 aromatic rings. The van der Waals surface area contributed by atoms with Crippen LogP contribution in [0, 0.1) is 0 Å². The van der Waals surface area contributed by atoms with Gasteiger partial charge < -0.3 is 5.11 Å². The fraction of sp³-hybridized carbons (Fsp3) is 0.500. The zero-order chi connectivity index (χ0) is 11.5. The molecule has 0 fully saturated rings. The van der Waals surface area contributed by atoms with E-state index in [1.165, 1.54) is 5.57 Å². The molecule has 1 atom stereocenters. The fourth-order valence-electron chi connectivity index (χ4n) is 1.68. The number of thiophene rings is 1. The molecule has 0 aromatic carbocycles. The summed E-state index contributed by atoms with van der Waals surface area (Å²) >= 11 is 1.61. The molecule has 1 nitrogen and oxygen atoms in total. The van der Waals surface area contributed by atoms with Crippen LogP contribution in [0.25, 0.3) is 0 Å². The van der Waals surface area contributed by atoms with Gasteiger partial charge in [0, 0.05) is 13.0 Å². The topological polar surface area (TPSA) is 20.2 Å². The van der Waals surface area contributed by atoms with Gasteiger partial charge in [0.1, 0.15) is 0 Å². The van der Waals surface area contributed by atoms with Crippen molar-refractivity contribution in [2.24, 2.45) is 0 Å². The number of hydrogen-bond acceptors (Lipinski definition) is 2. The molecule has 1 unspecified atom stereocenters. The summed E-state index contributed by atoms with van der Waals surface area (Å²) in [7, 11) is -1.08. The van der Waals surface area contributed by atoms with E-state index >= 15 is 0 Å². The molecule has 0 aliphatic carbocycles. The predicted molar refractivity (Wildman–Crippen MR) is 71.2 cm³/mol. The van der Waals surface area contributed by atoms with Crippen LogP contribution in [0.3, 0.4) is 0 Å². The van der Waals surface area contributed by atoms with Crippen LogP contribution in [-0.2, 0) is 0 Å². The zero-order valence-corrected chi connectivity index (χ0v) is 11.6. The second-order valence-corrected chi connectivity index (χ2v) is 11.7. The summed E-state index contributed by atoms with van der Waals surface area (Å²) in [6.07, 6.45) is 0.360. The van der Waals surface area contributed by atoms with Crippen LogP contribution in [0.4, 0.5) is 0 Å². The van der Waals surface area contributed by atoms with E-state index in [1.807, 2.05) is 17.5 Å². The standard InChI is InChI=1S/C12H20OSSi/c1-10(9-15(2,3)4)8-11(13)12-6-5-7-14-12/h5-7,11,13H,1,8-9H2,2-4H3. The molecule has 0 aliphatic heterocycles. The normalized spacial score (nSPS) is 13.9. The third-order valence-corrected chi connectivity index (χ3v) is 4.67. The van der Waals surface area contributed by atoms with Gasteiger partial charge in [0.15, 0.2) is 0 Å². The molecule has 3 heteroatoms. The van der Waals surface area contributed by atoms with Crippen LogP contribution in [0.1, 0.15) is 17.4 Å². The van der Waals surface area contributed by atoms with E-state index in [4.69, 9.17) is 0 Å². The first kappa shape index (κ1) is 12.7. The Balaban J connectivity index is 2.45. The van der Waals surface area contributed by atoms with Crippen LogP contribution >= 0.6 is 11.3 Å². The van der Waals surface area contributed by atoms with E-state index < -0.39 is 8.07 Å². The second-order valence-electron chi connectivity index (χ2n) is 5.22. The van der Waals surface area contributed by atoms with Crippen LogP contribution in [0.2, 0.25) is 25.7 Å². The lowest BCUT2D eigenvalue weighted by Crippen LogP contribution is -2.20. The Kier molecular flexibility index (Phi) is 4.31. The number of rotatable bonds is 5. The Hall–Kier alpha value is -0.383. The van der Waals surface area contributed by atoms with Gasteiger partial charge in [-0.15, -0.1) is 17.9 Å². The maximum atomic E-state index is 9.94. The van der Waals surface area contributed by atoms with Crippen LogP contribution in [-0.4, -0.2) is 13.2 Å². The lowest BCUT2D eigenvalue weighted by atomic mass is 10.1. The molecule has 1 N–H and O–H groups in total. The van der Waals surface area contributed by atoms with Gasteiger partial charge in [-0.2, -0.15) is 0 Å². The Labute approximate surface area is 97.5 Å². The second kappa shape index (κ2) is 5.10. The maximum Gasteiger partial charge on any atom is 0.0918 e. The van der Waals surface area contributed by atoms with E-state index in [1.54, 1.807) is 11.3 Å². The van der Waals surface area contributed by atoms with Gasteiger partial charge in [-0.05, 0) is 23.9 Å². The molecule has 84 valence electrons. The summed E-state index contributed by atoms with van der Waals surface area (Å²) in [4.78, 5) is 1.05. The van der Waals surface area contributed by atoms with Crippen molar-refractivity contribution in [2.75, 3.05) is 0 Å². The first-order valence-corrected chi connectivity index (χ1v) is 9.85. The third-order valence-electron chi connectivity index (χ3n) is 2.13. The molecule has 0 amide bonds. The van der Waals surface area contributed by atoms with Gasteiger partial charge in [0.25, 0.3) is 0 Å². The highest BCUT2D eigenvalue weighted by molar-refractivity contribution is 7.10. The highest BCUT2D eigenvalue weighted by Crippen LogP contribution is 2.27. The van der Waals surface area contributed by atoms with E-state index in [-0.39, 0.29) is 6.10 Å². The maximum absolute atomic E-state index is 9.94. The molecular weight excluding hydrogens is 220 g/mol. The molecule has 0 aliphatic rings. The summed E-state index contributed by atoms with van der Waals surface area (Å²) in [5.41, 5.74) is 1.19. The quantitative estimate of drug-likeness (QED) is 0.608. The lowest BCUT2D eigenvalue weighted by molar-refractivity contribution is 0.182. The van der Waals surface area contributed by atoms with Crippen molar-refractivity contribution in [3.63, 3.8) is 0 Å². The molecule has 1 aromatic heterocycles. The highest BCUT2D eigenvalue weighted by atomic mass is 32.1. The van der Waals surface area contributed by atoms with E-state index in [2.05, 4.69) is 26.2 Å². The fourth-order valence-corrected chi connectivity index (χ4v) is 4.03. The predicted octanol–water partition coefficient (Wildman–Crippen LogP) is 4.07. The van der Waals surface area contributed by atoms with Gasteiger partial charge >= 0.3 is 0 Å². The molecule has 1 heterocycles. The zero-order valence-electron chi connectivity index (χ0n) is 9.79. The van der Waals surface area contributed by atoms with Crippen molar-refractivity contribution in [3.05, 3.63) is 34.5 Å². The highest BCUT2D eigenvalue weighted by Gasteiger charge is 2.17. The molecule has 0 bridgehead atoms. The summed E-state index contributed by atoms with van der Waals surface area (Å²) in [5, 5.41) is 11.9. The molecule has 0 saturated heterocycles. The Bertz CT molecular complexity index is 311.